The molecule has 2 aromatic carbocycles. The molecule has 0 aromatic heterocycles. The normalized spacial score (nSPS) is 15.1. The highest BCUT2D eigenvalue weighted by Crippen LogP contribution is 2.23. The zero-order chi connectivity index (χ0) is 21.7. The first-order valence-electron chi connectivity index (χ1n) is 9.58. The molecular weight excluding hydrogens is 401 g/mol. The monoisotopic (exact) mass is 424 g/mol. The van der Waals surface area contributed by atoms with Crippen molar-refractivity contribution < 1.29 is 32.2 Å². The van der Waals surface area contributed by atoms with Crippen LogP contribution in [0.25, 0.3) is 10.8 Å². The molecule has 0 bridgehead atoms. The van der Waals surface area contributed by atoms with Gasteiger partial charge in [0.1, 0.15) is 5.75 Å². The SMILES string of the molecule is COc1ccc2cc(CNC(=O)C3CCN(C(=O)OCC(F)(F)F)CC3)ccc2c1. The fourth-order valence-corrected chi connectivity index (χ4v) is 3.40. The summed E-state index contributed by atoms with van der Waals surface area (Å²) in [4.78, 5) is 25.3. The number of fused-ring (bicyclic) bond motifs is 1. The molecule has 162 valence electrons. The predicted octanol–water partition coefficient (Wildman–Crippen LogP) is 3.88. The number of piperidine rings is 1. The molecule has 6 nitrogen and oxygen atoms in total. The minimum atomic E-state index is -4.55. The van der Waals surface area contributed by atoms with Gasteiger partial charge in [-0.3, -0.25) is 4.79 Å². The minimum absolute atomic E-state index is 0.131. The fraction of sp³-hybridized carbons (Fsp3) is 0.429. The number of alkyl halides is 3. The van der Waals surface area contributed by atoms with E-state index in [4.69, 9.17) is 4.74 Å². The molecule has 1 fully saturated rings. The van der Waals surface area contributed by atoms with Gasteiger partial charge in [0.15, 0.2) is 6.61 Å². The lowest BCUT2D eigenvalue weighted by molar-refractivity contribution is -0.162. The highest BCUT2D eigenvalue weighted by molar-refractivity contribution is 5.85. The van der Waals surface area contributed by atoms with Crippen LogP contribution in [0.1, 0.15) is 18.4 Å². The number of hydrogen-bond acceptors (Lipinski definition) is 4. The number of nitrogens with one attached hydrogen (secondary N) is 1. The quantitative estimate of drug-likeness (QED) is 0.791. The minimum Gasteiger partial charge on any atom is -0.497 e. The summed E-state index contributed by atoms with van der Waals surface area (Å²) in [5, 5.41) is 4.97. The Labute approximate surface area is 171 Å². The molecule has 2 amide bonds. The third-order valence-corrected chi connectivity index (χ3v) is 5.06. The van der Waals surface area contributed by atoms with Gasteiger partial charge in [-0.2, -0.15) is 13.2 Å². The van der Waals surface area contributed by atoms with Crippen molar-refractivity contribution in [1.82, 2.24) is 10.2 Å². The first-order valence-corrected chi connectivity index (χ1v) is 9.58. The van der Waals surface area contributed by atoms with E-state index in [-0.39, 0.29) is 24.9 Å². The Morgan fingerprint density at radius 2 is 1.77 bits per heavy atom. The van der Waals surface area contributed by atoms with Crippen molar-refractivity contribution in [3.8, 4) is 5.75 Å². The van der Waals surface area contributed by atoms with Crippen LogP contribution in [0, 0.1) is 5.92 Å². The van der Waals surface area contributed by atoms with Crippen LogP contribution >= 0.6 is 0 Å². The third kappa shape index (κ3) is 5.77. The molecule has 2 aromatic rings. The van der Waals surface area contributed by atoms with Crippen molar-refractivity contribution >= 4 is 22.8 Å². The van der Waals surface area contributed by atoms with Gasteiger partial charge >= 0.3 is 12.3 Å². The van der Waals surface area contributed by atoms with Crippen LogP contribution in [0.5, 0.6) is 5.75 Å². The Bertz CT molecular complexity index is 909. The molecule has 1 N–H and O–H groups in total. The summed E-state index contributed by atoms with van der Waals surface area (Å²) in [5.74, 6) is 0.353. The third-order valence-electron chi connectivity index (χ3n) is 5.06. The maximum Gasteiger partial charge on any atom is 0.422 e. The molecule has 9 heteroatoms. The Kier molecular flexibility index (Phi) is 6.69. The van der Waals surface area contributed by atoms with Gasteiger partial charge in [0, 0.05) is 25.6 Å². The number of amides is 2. The molecule has 1 aliphatic rings. The number of carbonyl (C=O) groups excluding carboxylic acids is 2. The zero-order valence-electron chi connectivity index (χ0n) is 16.5. The highest BCUT2D eigenvalue weighted by atomic mass is 19.4. The van der Waals surface area contributed by atoms with E-state index in [1.807, 2.05) is 36.4 Å². The average molecular weight is 424 g/mol. The molecule has 0 saturated carbocycles. The van der Waals surface area contributed by atoms with Gasteiger partial charge in [0.2, 0.25) is 5.91 Å². The maximum absolute atomic E-state index is 12.4. The van der Waals surface area contributed by atoms with Crippen LogP contribution in [-0.2, 0) is 16.1 Å². The van der Waals surface area contributed by atoms with Crippen molar-refractivity contribution in [3.63, 3.8) is 0 Å². The summed E-state index contributed by atoms with van der Waals surface area (Å²) < 4.78 is 45.9. The largest absolute Gasteiger partial charge is 0.497 e. The number of carbonyl (C=O) groups is 2. The number of ether oxygens (including phenoxy) is 2. The smallest absolute Gasteiger partial charge is 0.422 e. The van der Waals surface area contributed by atoms with Crippen molar-refractivity contribution in [2.24, 2.45) is 5.92 Å². The van der Waals surface area contributed by atoms with Crippen LogP contribution < -0.4 is 10.1 Å². The first-order chi connectivity index (χ1) is 14.2. The molecule has 30 heavy (non-hydrogen) atoms. The lowest BCUT2D eigenvalue weighted by Crippen LogP contribution is -2.43. The summed E-state index contributed by atoms with van der Waals surface area (Å²) in [7, 11) is 1.61. The summed E-state index contributed by atoms with van der Waals surface area (Å²) in [6, 6.07) is 11.6. The van der Waals surface area contributed by atoms with E-state index in [0.717, 1.165) is 22.1 Å². The summed E-state index contributed by atoms with van der Waals surface area (Å²) in [6.07, 6.45) is -4.79. The lowest BCUT2D eigenvalue weighted by atomic mass is 9.96. The van der Waals surface area contributed by atoms with Gasteiger partial charge < -0.3 is 19.7 Å². The summed E-state index contributed by atoms with van der Waals surface area (Å²) in [5.41, 5.74) is 0.953. The number of benzene rings is 2. The maximum atomic E-state index is 12.4. The van der Waals surface area contributed by atoms with E-state index in [2.05, 4.69) is 10.1 Å². The van der Waals surface area contributed by atoms with Gasteiger partial charge in [0.05, 0.1) is 7.11 Å². The molecule has 0 aliphatic carbocycles. The fourth-order valence-electron chi connectivity index (χ4n) is 3.40. The molecular formula is C21H23F3N2O4. The zero-order valence-corrected chi connectivity index (χ0v) is 16.5. The molecule has 1 saturated heterocycles. The molecule has 0 radical (unpaired) electrons. The molecule has 1 heterocycles. The van der Waals surface area contributed by atoms with Crippen LogP contribution in [-0.4, -0.2) is 49.9 Å². The van der Waals surface area contributed by atoms with Gasteiger partial charge in [-0.15, -0.1) is 0 Å². The van der Waals surface area contributed by atoms with Crippen molar-refractivity contribution in [2.45, 2.75) is 25.6 Å². The van der Waals surface area contributed by atoms with Crippen LogP contribution in [0.15, 0.2) is 36.4 Å². The average Bonchev–Trinajstić information content (AvgIpc) is 2.74. The number of halogens is 3. The van der Waals surface area contributed by atoms with Crippen molar-refractivity contribution in [2.75, 3.05) is 26.8 Å². The standard InChI is InChI=1S/C21H23F3N2O4/c1-29-18-5-4-16-10-14(2-3-17(16)11-18)12-25-19(27)15-6-8-26(9-7-15)20(28)30-13-21(22,23)24/h2-5,10-11,15H,6-9,12-13H2,1H3,(H,25,27). The van der Waals surface area contributed by atoms with Crippen LogP contribution in [0.3, 0.4) is 0 Å². The molecule has 0 spiro atoms. The van der Waals surface area contributed by atoms with Crippen LogP contribution in [0.2, 0.25) is 0 Å². The van der Waals surface area contributed by atoms with E-state index >= 15 is 0 Å². The first kappa shape index (κ1) is 21.7. The number of hydrogen-bond donors (Lipinski definition) is 1. The van der Waals surface area contributed by atoms with E-state index in [1.165, 1.54) is 4.90 Å². The van der Waals surface area contributed by atoms with Crippen molar-refractivity contribution in [3.05, 3.63) is 42.0 Å². The van der Waals surface area contributed by atoms with E-state index in [1.54, 1.807) is 7.11 Å². The Hall–Kier alpha value is -2.97. The van der Waals surface area contributed by atoms with Crippen molar-refractivity contribution in [1.29, 1.82) is 0 Å². The second-order valence-electron chi connectivity index (χ2n) is 7.20. The van der Waals surface area contributed by atoms with Gasteiger partial charge in [-0.25, -0.2) is 4.79 Å². The number of rotatable bonds is 5. The highest BCUT2D eigenvalue weighted by Gasteiger charge is 2.32. The van der Waals surface area contributed by atoms with Gasteiger partial charge in [-0.1, -0.05) is 18.2 Å². The predicted molar refractivity (Wildman–Crippen MR) is 104 cm³/mol. The topological polar surface area (TPSA) is 67.9 Å². The molecule has 0 atom stereocenters. The second kappa shape index (κ2) is 9.23. The van der Waals surface area contributed by atoms with Gasteiger partial charge in [0.25, 0.3) is 0 Å². The summed E-state index contributed by atoms with van der Waals surface area (Å²) >= 11 is 0. The van der Waals surface area contributed by atoms with Crippen LogP contribution in [0.4, 0.5) is 18.0 Å². The Balaban J connectivity index is 1.47. The van der Waals surface area contributed by atoms with E-state index < -0.39 is 18.9 Å². The molecule has 0 unspecified atom stereocenters. The van der Waals surface area contributed by atoms with E-state index in [0.29, 0.717) is 19.4 Å². The number of likely N-dealkylation sites (tertiary alicyclic amines) is 1. The summed E-state index contributed by atoms with van der Waals surface area (Å²) in [6.45, 7) is -0.863. The number of methoxy groups -OCH3 is 1. The Morgan fingerprint density at radius 1 is 1.10 bits per heavy atom. The van der Waals surface area contributed by atoms with Gasteiger partial charge in [-0.05, 0) is 47.4 Å². The molecule has 1 aliphatic heterocycles. The lowest BCUT2D eigenvalue weighted by Gasteiger charge is -2.30. The molecule has 3 rings (SSSR count). The Morgan fingerprint density at radius 3 is 2.43 bits per heavy atom. The second-order valence-corrected chi connectivity index (χ2v) is 7.20. The van der Waals surface area contributed by atoms with E-state index in [9.17, 15) is 22.8 Å². The number of nitrogens with zero attached hydrogens (tertiary/aromatic N) is 1.